The van der Waals surface area contributed by atoms with Crippen molar-refractivity contribution < 1.29 is 9.53 Å². The molecule has 0 aromatic heterocycles. The van der Waals surface area contributed by atoms with Crippen LogP contribution in [0, 0.1) is 6.92 Å². The molecule has 1 atom stereocenters. The fourth-order valence-corrected chi connectivity index (χ4v) is 2.05. The standard InChI is InChI=1S/C14H20N2O2/c1-11-3-2-4-12(9-11)14(17)16-6-5-13-10-18-8-7-15-13/h2-4,9,13,15H,5-8,10H2,1H3,(H,16,17). The number of carbonyl (C=O) groups is 1. The van der Waals surface area contributed by atoms with Gasteiger partial charge < -0.3 is 15.4 Å². The topological polar surface area (TPSA) is 50.4 Å². The Balaban J connectivity index is 1.74. The van der Waals surface area contributed by atoms with Crippen LogP contribution in [0.2, 0.25) is 0 Å². The predicted octanol–water partition coefficient (Wildman–Crippen LogP) is 1.10. The summed E-state index contributed by atoms with van der Waals surface area (Å²) in [6, 6.07) is 7.99. The van der Waals surface area contributed by atoms with Gasteiger partial charge in [0.15, 0.2) is 0 Å². The van der Waals surface area contributed by atoms with Gasteiger partial charge in [-0.1, -0.05) is 17.7 Å². The van der Waals surface area contributed by atoms with Crippen LogP contribution in [0.25, 0.3) is 0 Å². The minimum Gasteiger partial charge on any atom is -0.379 e. The van der Waals surface area contributed by atoms with Crippen LogP contribution in [0.5, 0.6) is 0 Å². The summed E-state index contributed by atoms with van der Waals surface area (Å²) in [4.78, 5) is 11.9. The Morgan fingerprint density at radius 1 is 1.56 bits per heavy atom. The van der Waals surface area contributed by atoms with E-state index in [4.69, 9.17) is 4.74 Å². The third kappa shape index (κ3) is 3.82. The van der Waals surface area contributed by atoms with Gasteiger partial charge in [-0.05, 0) is 25.5 Å². The quantitative estimate of drug-likeness (QED) is 0.839. The number of morpholine rings is 1. The van der Waals surface area contributed by atoms with Crippen molar-refractivity contribution in [3.63, 3.8) is 0 Å². The van der Waals surface area contributed by atoms with E-state index in [0.29, 0.717) is 12.6 Å². The fraction of sp³-hybridized carbons (Fsp3) is 0.500. The van der Waals surface area contributed by atoms with Crippen LogP contribution in [0.1, 0.15) is 22.3 Å². The van der Waals surface area contributed by atoms with Crippen LogP contribution in [0.15, 0.2) is 24.3 Å². The summed E-state index contributed by atoms with van der Waals surface area (Å²) in [7, 11) is 0. The molecule has 2 N–H and O–H groups in total. The Morgan fingerprint density at radius 2 is 2.44 bits per heavy atom. The number of amides is 1. The number of benzene rings is 1. The molecule has 98 valence electrons. The Bertz CT molecular complexity index is 401. The minimum absolute atomic E-state index is 0.00423. The van der Waals surface area contributed by atoms with Gasteiger partial charge in [0.1, 0.15) is 0 Å². The highest BCUT2D eigenvalue weighted by Crippen LogP contribution is 2.04. The van der Waals surface area contributed by atoms with Gasteiger partial charge in [-0.15, -0.1) is 0 Å². The van der Waals surface area contributed by atoms with Crippen LogP contribution in [-0.2, 0) is 4.74 Å². The largest absolute Gasteiger partial charge is 0.379 e. The Kier molecular flexibility index (Phi) is 4.73. The van der Waals surface area contributed by atoms with Crippen molar-refractivity contribution in [1.29, 1.82) is 0 Å². The smallest absolute Gasteiger partial charge is 0.251 e. The Morgan fingerprint density at radius 3 is 3.17 bits per heavy atom. The monoisotopic (exact) mass is 248 g/mol. The van der Waals surface area contributed by atoms with Crippen molar-refractivity contribution >= 4 is 5.91 Å². The first-order valence-corrected chi connectivity index (χ1v) is 6.42. The van der Waals surface area contributed by atoms with Crippen LogP contribution in [-0.4, -0.2) is 38.3 Å². The van der Waals surface area contributed by atoms with Gasteiger partial charge in [0.05, 0.1) is 13.2 Å². The van der Waals surface area contributed by atoms with E-state index in [-0.39, 0.29) is 5.91 Å². The summed E-state index contributed by atoms with van der Waals surface area (Å²) in [5.74, 6) is -0.00423. The second-order valence-corrected chi connectivity index (χ2v) is 4.64. The minimum atomic E-state index is -0.00423. The number of hydrogen-bond donors (Lipinski definition) is 2. The molecular weight excluding hydrogens is 228 g/mol. The number of nitrogens with one attached hydrogen (secondary N) is 2. The van der Waals surface area contributed by atoms with Crippen LogP contribution >= 0.6 is 0 Å². The van der Waals surface area contributed by atoms with Crippen molar-refractivity contribution in [2.45, 2.75) is 19.4 Å². The highest BCUT2D eigenvalue weighted by Gasteiger charge is 2.13. The number of hydrogen-bond acceptors (Lipinski definition) is 3. The van der Waals surface area contributed by atoms with Crippen molar-refractivity contribution in [3.8, 4) is 0 Å². The van der Waals surface area contributed by atoms with E-state index in [1.807, 2.05) is 31.2 Å². The first-order valence-electron chi connectivity index (χ1n) is 6.42. The lowest BCUT2D eigenvalue weighted by Crippen LogP contribution is -2.43. The van der Waals surface area contributed by atoms with Crippen LogP contribution in [0.3, 0.4) is 0 Å². The molecule has 2 rings (SSSR count). The number of ether oxygens (including phenoxy) is 1. The molecule has 1 heterocycles. The summed E-state index contributed by atoms with van der Waals surface area (Å²) in [5.41, 5.74) is 1.83. The van der Waals surface area contributed by atoms with Gasteiger partial charge >= 0.3 is 0 Å². The zero-order valence-corrected chi connectivity index (χ0v) is 10.7. The molecule has 1 unspecified atom stereocenters. The highest BCUT2D eigenvalue weighted by atomic mass is 16.5. The van der Waals surface area contributed by atoms with Gasteiger partial charge in [-0.25, -0.2) is 0 Å². The molecule has 1 aromatic rings. The lowest BCUT2D eigenvalue weighted by molar-refractivity contribution is 0.0733. The van der Waals surface area contributed by atoms with Crippen LogP contribution in [0.4, 0.5) is 0 Å². The molecule has 1 aliphatic heterocycles. The maximum absolute atomic E-state index is 11.9. The second kappa shape index (κ2) is 6.52. The van der Waals surface area contributed by atoms with E-state index in [0.717, 1.165) is 37.3 Å². The molecule has 18 heavy (non-hydrogen) atoms. The van der Waals surface area contributed by atoms with Crippen molar-refractivity contribution in [2.24, 2.45) is 0 Å². The van der Waals surface area contributed by atoms with E-state index in [9.17, 15) is 4.79 Å². The molecule has 0 bridgehead atoms. The summed E-state index contributed by atoms with van der Waals surface area (Å²) in [6.07, 6.45) is 0.900. The molecule has 1 amide bonds. The SMILES string of the molecule is Cc1cccc(C(=O)NCCC2COCCN2)c1. The molecule has 0 spiro atoms. The third-order valence-electron chi connectivity index (χ3n) is 3.06. The molecule has 1 aliphatic rings. The summed E-state index contributed by atoms with van der Waals surface area (Å²) < 4.78 is 5.36. The van der Waals surface area contributed by atoms with Gasteiger partial charge in [0, 0.05) is 24.7 Å². The summed E-state index contributed by atoms with van der Waals surface area (Å²) in [6.45, 7) is 5.08. The van der Waals surface area contributed by atoms with Crippen LogP contribution < -0.4 is 10.6 Å². The molecule has 0 radical (unpaired) electrons. The molecule has 1 fully saturated rings. The maximum Gasteiger partial charge on any atom is 0.251 e. The first-order chi connectivity index (χ1) is 8.75. The molecule has 0 saturated carbocycles. The number of carbonyl (C=O) groups excluding carboxylic acids is 1. The zero-order valence-electron chi connectivity index (χ0n) is 10.7. The average molecular weight is 248 g/mol. The number of aryl methyl sites for hydroxylation is 1. The zero-order chi connectivity index (χ0) is 12.8. The molecule has 0 aliphatic carbocycles. The van der Waals surface area contributed by atoms with E-state index in [2.05, 4.69) is 10.6 Å². The van der Waals surface area contributed by atoms with Gasteiger partial charge in [-0.3, -0.25) is 4.79 Å². The number of rotatable bonds is 4. The summed E-state index contributed by atoms with van der Waals surface area (Å²) in [5, 5.41) is 6.30. The normalized spacial score (nSPS) is 19.5. The van der Waals surface area contributed by atoms with E-state index in [1.165, 1.54) is 0 Å². The summed E-state index contributed by atoms with van der Waals surface area (Å²) >= 11 is 0. The lowest BCUT2D eigenvalue weighted by Gasteiger charge is -2.23. The van der Waals surface area contributed by atoms with Gasteiger partial charge in [0.25, 0.3) is 5.91 Å². The maximum atomic E-state index is 11.9. The Labute approximate surface area is 108 Å². The lowest BCUT2D eigenvalue weighted by atomic mass is 10.1. The molecule has 4 nitrogen and oxygen atoms in total. The van der Waals surface area contributed by atoms with Crippen molar-refractivity contribution in [3.05, 3.63) is 35.4 Å². The second-order valence-electron chi connectivity index (χ2n) is 4.64. The third-order valence-corrected chi connectivity index (χ3v) is 3.06. The average Bonchev–Trinajstić information content (AvgIpc) is 2.40. The molecule has 1 aromatic carbocycles. The predicted molar refractivity (Wildman–Crippen MR) is 70.7 cm³/mol. The fourth-order valence-electron chi connectivity index (χ4n) is 2.05. The van der Waals surface area contributed by atoms with Crippen molar-refractivity contribution in [2.75, 3.05) is 26.3 Å². The van der Waals surface area contributed by atoms with Gasteiger partial charge in [-0.2, -0.15) is 0 Å². The molecule has 1 saturated heterocycles. The van der Waals surface area contributed by atoms with E-state index >= 15 is 0 Å². The first kappa shape index (κ1) is 13.1. The van der Waals surface area contributed by atoms with E-state index < -0.39 is 0 Å². The van der Waals surface area contributed by atoms with Gasteiger partial charge in [0.2, 0.25) is 0 Å². The molecule has 4 heteroatoms. The Hall–Kier alpha value is -1.39. The molecular formula is C14H20N2O2. The van der Waals surface area contributed by atoms with Crippen molar-refractivity contribution in [1.82, 2.24) is 10.6 Å². The van der Waals surface area contributed by atoms with E-state index in [1.54, 1.807) is 0 Å². The highest BCUT2D eigenvalue weighted by molar-refractivity contribution is 5.94.